The highest BCUT2D eigenvalue weighted by molar-refractivity contribution is 5.80. The van der Waals surface area contributed by atoms with Crippen molar-refractivity contribution < 1.29 is 0 Å². The number of guanidine groups is 1. The molecule has 2 unspecified atom stereocenters. The van der Waals surface area contributed by atoms with E-state index < -0.39 is 0 Å². The van der Waals surface area contributed by atoms with Crippen molar-refractivity contribution in [3.63, 3.8) is 0 Å². The third-order valence-corrected chi connectivity index (χ3v) is 4.70. The van der Waals surface area contributed by atoms with Crippen molar-refractivity contribution in [1.29, 1.82) is 0 Å². The van der Waals surface area contributed by atoms with Crippen molar-refractivity contribution in [1.82, 2.24) is 15.5 Å². The third-order valence-electron chi connectivity index (χ3n) is 4.70. The predicted octanol–water partition coefficient (Wildman–Crippen LogP) is 1.68. The summed E-state index contributed by atoms with van der Waals surface area (Å²) in [7, 11) is 1.87. The molecule has 1 saturated carbocycles. The largest absolute Gasteiger partial charge is 0.356 e. The van der Waals surface area contributed by atoms with Crippen molar-refractivity contribution in [2.75, 3.05) is 26.7 Å². The van der Waals surface area contributed by atoms with Crippen LogP contribution < -0.4 is 10.6 Å². The molecule has 0 aromatic heterocycles. The van der Waals surface area contributed by atoms with Crippen LogP contribution in [-0.2, 0) is 0 Å². The van der Waals surface area contributed by atoms with Gasteiger partial charge in [0.15, 0.2) is 5.96 Å². The number of nitrogens with one attached hydrogen (secondary N) is 2. The maximum absolute atomic E-state index is 4.36. The van der Waals surface area contributed by atoms with Crippen molar-refractivity contribution in [2.45, 2.75) is 52.1 Å². The van der Waals surface area contributed by atoms with Crippen LogP contribution in [0.25, 0.3) is 0 Å². The minimum Gasteiger partial charge on any atom is -0.356 e. The van der Waals surface area contributed by atoms with Gasteiger partial charge in [-0.3, -0.25) is 9.89 Å². The molecule has 4 heteroatoms. The quantitative estimate of drug-likeness (QED) is 0.601. The topological polar surface area (TPSA) is 39.7 Å². The summed E-state index contributed by atoms with van der Waals surface area (Å²) in [5.41, 5.74) is 0. The molecule has 110 valence electrons. The lowest BCUT2D eigenvalue weighted by molar-refractivity contribution is 0.265. The molecule has 0 amide bonds. The molecule has 1 aliphatic carbocycles. The Bertz CT molecular complexity index is 309. The fraction of sp³-hybridized carbons (Fsp3) is 0.933. The molecule has 2 N–H and O–H groups in total. The van der Waals surface area contributed by atoms with E-state index in [1.165, 1.54) is 25.8 Å². The molecule has 0 radical (unpaired) electrons. The first-order valence-electron chi connectivity index (χ1n) is 7.81. The molecule has 2 atom stereocenters. The highest BCUT2D eigenvalue weighted by atomic mass is 15.3. The van der Waals surface area contributed by atoms with Gasteiger partial charge in [0.25, 0.3) is 0 Å². The van der Waals surface area contributed by atoms with Crippen LogP contribution in [0.3, 0.4) is 0 Å². The van der Waals surface area contributed by atoms with Crippen molar-refractivity contribution in [3.8, 4) is 0 Å². The van der Waals surface area contributed by atoms with Crippen LogP contribution in [0.5, 0.6) is 0 Å². The van der Waals surface area contributed by atoms with Gasteiger partial charge in [-0.25, -0.2) is 0 Å². The maximum Gasteiger partial charge on any atom is 0.191 e. The first-order chi connectivity index (χ1) is 9.10. The summed E-state index contributed by atoms with van der Waals surface area (Å²) >= 11 is 0. The monoisotopic (exact) mass is 266 g/mol. The number of hydrogen-bond donors (Lipinski definition) is 2. The molecule has 0 bridgehead atoms. The van der Waals surface area contributed by atoms with Gasteiger partial charge in [-0.05, 0) is 38.5 Å². The average molecular weight is 266 g/mol. The van der Waals surface area contributed by atoms with Crippen molar-refractivity contribution in [3.05, 3.63) is 0 Å². The Morgan fingerprint density at radius 1 is 1.32 bits per heavy atom. The number of hydrogen-bond acceptors (Lipinski definition) is 2. The summed E-state index contributed by atoms with van der Waals surface area (Å²) < 4.78 is 0. The Labute approximate surface area is 118 Å². The van der Waals surface area contributed by atoms with E-state index in [0.717, 1.165) is 25.0 Å². The summed E-state index contributed by atoms with van der Waals surface area (Å²) in [6.07, 6.45) is 4.16. The molecule has 4 nitrogen and oxygen atoms in total. The number of aliphatic imine (C=N–C) groups is 1. The zero-order chi connectivity index (χ0) is 13.8. The fourth-order valence-electron chi connectivity index (χ4n) is 2.92. The highest BCUT2D eigenvalue weighted by Crippen LogP contribution is 2.25. The van der Waals surface area contributed by atoms with Gasteiger partial charge in [0.2, 0.25) is 0 Å². The number of nitrogens with zero attached hydrogens (tertiary/aromatic N) is 2. The first-order valence-corrected chi connectivity index (χ1v) is 7.81. The summed E-state index contributed by atoms with van der Waals surface area (Å²) in [6, 6.07) is 1.16. The lowest BCUT2D eigenvalue weighted by atomic mass is 9.85. The molecule has 2 rings (SSSR count). The minimum absolute atomic E-state index is 0.523. The van der Waals surface area contributed by atoms with Gasteiger partial charge in [0.05, 0.1) is 0 Å². The van der Waals surface area contributed by atoms with Gasteiger partial charge < -0.3 is 10.6 Å². The summed E-state index contributed by atoms with van der Waals surface area (Å²) in [5.74, 6) is 2.53. The molecule has 0 spiro atoms. The second kappa shape index (κ2) is 6.60. The lowest BCUT2D eigenvalue weighted by Gasteiger charge is -2.27. The van der Waals surface area contributed by atoms with E-state index in [9.17, 15) is 0 Å². The van der Waals surface area contributed by atoms with E-state index in [0.29, 0.717) is 18.0 Å². The van der Waals surface area contributed by atoms with E-state index in [2.05, 4.69) is 41.3 Å². The van der Waals surface area contributed by atoms with Gasteiger partial charge in [-0.2, -0.15) is 0 Å². The molecule has 2 fully saturated rings. The van der Waals surface area contributed by atoms with Crippen LogP contribution >= 0.6 is 0 Å². The zero-order valence-corrected chi connectivity index (χ0v) is 12.9. The Morgan fingerprint density at radius 2 is 2.05 bits per heavy atom. The van der Waals surface area contributed by atoms with Crippen LogP contribution in [0, 0.1) is 11.8 Å². The average Bonchev–Trinajstić information content (AvgIpc) is 2.67. The summed E-state index contributed by atoms with van der Waals surface area (Å²) in [4.78, 5) is 6.91. The van der Waals surface area contributed by atoms with Gasteiger partial charge in [0.1, 0.15) is 0 Å². The minimum atomic E-state index is 0.523. The Hall–Kier alpha value is -0.770. The molecular formula is C15H30N4. The molecule has 1 heterocycles. The van der Waals surface area contributed by atoms with E-state index in [-0.39, 0.29) is 0 Å². The second-order valence-electron chi connectivity index (χ2n) is 6.53. The van der Waals surface area contributed by atoms with Crippen LogP contribution in [0.1, 0.15) is 40.0 Å². The Morgan fingerprint density at radius 3 is 2.53 bits per heavy atom. The van der Waals surface area contributed by atoms with E-state index in [1.54, 1.807) is 0 Å². The molecule has 1 aliphatic heterocycles. The van der Waals surface area contributed by atoms with Crippen LogP contribution in [-0.4, -0.2) is 49.6 Å². The first kappa shape index (κ1) is 14.6. The molecular weight excluding hydrogens is 236 g/mol. The standard InChI is InChI=1S/C15H30N4/c1-11(2)19-9-12(3)14(10-19)18-15(16-4)17-8-13-6-5-7-13/h11-14H,5-10H2,1-4H3,(H2,16,17,18). The Kier molecular flexibility index (Phi) is 5.08. The molecule has 0 aromatic carbocycles. The van der Waals surface area contributed by atoms with Gasteiger partial charge in [0, 0.05) is 38.8 Å². The summed E-state index contributed by atoms with van der Waals surface area (Å²) in [5, 5.41) is 7.08. The molecule has 0 aromatic rings. The van der Waals surface area contributed by atoms with Crippen molar-refractivity contribution >= 4 is 5.96 Å². The molecule has 2 aliphatic rings. The third kappa shape index (κ3) is 3.85. The maximum atomic E-state index is 4.36. The van der Waals surface area contributed by atoms with Crippen molar-refractivity contribution in [2.24, 2.45) is 16.8 Å². The normalized spacial score (nSPS) is 29.6. The van der Waals surface area contributed by atoms with Crippen LogP contribution in [0.15, 0.2) is 4.99 Å². The molecule has 19 heavy (non-hydrogen) atoms. The second-order valence-corrected chi connectivity index (χ2v) is 6.53. The smallest absolute Gasteiger partial charge is 0.191 e. The predicted molar refractivity (Wildman–Crippen MR) is 81.5 cm³/mol. The van der Waals surface area contributed by atoms with E-state index >= 15 is 0 Å². The van der Waals surface area contributed by atoms with E-state index in [4.69, 9.17) is 0 Å². The van der Waals surface area contributed by atoms with E-state index in [1.807, 2.05) is 7.05 Å². The number of rotatable bonds is 4. The van der Waals surface area contributed by atoms with Gasteiger partial charge in [-0.15, -0.1) is 0 Å². The lowest BCUT2D eigenvalue weighted by Crippen LogP contribution is -2.48. The zero-order valence-electron chi connectivity index (χ0n) is 12.9. The van der Waals surface area contributed by atoms with Gasteiger partial charge >= 0.3 is 0 Å². The fourth-order valence-corrected chi connectivity index (χ4v) is 2.92. The van der Waals surface area contributed by atoms with Gasteiger partial charge in [-0.1, -0.05) is 13.3 Å². The Balaban J connectivity index is 1.77. The molecule has 1 saturated heterocycles. The summed E-state index contributed by atoms with van der Waals surface area (Å²) in [6.45, 7) is 10.3. The van der Waals surface area contributed by atoms with Crippen LogP contribution in [0.2, 0.25) is 0 Å². The van der Waals surface area contributed by atoms with Crippen LogP contribution in [0.4, 0.5) is 0 Å². The SMILES string of the molecule is CN=C(NCC1CCC1)NC1CN(C(C)C)CC1C. The highest BCUT2D eigenvalue weighted by Gasteiger charge is 2.31. The number of likely N-dealkylation sites (tertiary alicyclic amines) is 1.